The Kier molecular flexibility index (Phi) is 6.53. The molecule has 0 heterocycles. The molecule has 0 aliphatic heterocycles. The number of aromatic hydroxyl groups is 1. The van der Waals surface area contributed by atoms with Gasteiger partial charge in [0.05, 0.1) is 12.1 Å². The van der Waals surface area contributed by atoms with E-state index in [-0.39, 0.29) is 11.2 Å². The lowest BCUT2D eigenvalue weighted by atomic mass is 9.74. The number of hydrogen-bond acceptors (Lipinski definition) is 4. The molecule has 0 aliphatic rings. The van der Waals surface area contributed by atoms with Crippen LogP contribution < -0.4 is 0 Å². The van der Waals surface area contributed by atoms with Crippen molar-refractivity contribution in [1.29, 1.82) is 0 Å². The number of unbranched alkanes of at least 4 members (excludes halogenated alkanes) is 1. The van der Waals surface area contributed by atoms with E-state index in [0.717, 1.165) is 37.7 Å². The van der Waals surface area contributed by atoms with Crippen molar-refractivity contribution in [3.8, 4) is 5.75 Å². The minimum atomic E-state index is -0.100. The summed E-state index contributed by atoms with van der Waals surface area (Å²) in [7, 11) is 0. The molecule has 4 heteroatoms. The molecule has 0 fully saturated rings. The molecular weight excluding hydrogens is 266 g/mol. The number of nitrogens with zero attached hydrogens (tertiary/aromatic N) is 1. The molecule has 116 valence electrons. The highest BCUT2D eigenvalue weighted by atomic mass is 16.3. The molecular formula is C17H25NO3. The van der Waals surface area contributed by atoms with E-state index in [1.165, 1.54) is 0 Å². The zero-order valence-electron chi connectivity index (χ0n) is 13.2. The normalized spacial score (nSPS) is 13.7. The first kappa shape index (κ1) is 17.3. The minimum Gasteiger partial charge on any atom is -0.507 e. The van der Waals surface area contributed by atoms with Crippen LogP contribution >= 0.6 is 0 Å². The maximum atomic E-state index is 11.1. The van der Waals surface area contributed by atoms with Crippen LogP contribution in [0.15, 0.2) is 17.3 Å². The second-order valence-corrected chi connectivity index (χ2v) is 5.97. The SMILES string of the molecule is CCCCC(C)(CCCN=O)c1cc(C)c(O)c(C=O)c1. The van der Waals surface area contributed by atoms with Gasteiger partial charge in [-0.2, -0.15) is 4.91 Å². The van der Waals surface area contributed by atoms with Gasteiger partial charge in [-0.1, -0.05) is 37.9 Å². The summed E-state index contributed by atoms with van der Waals surface area (Å²) in [5, 5.41) is 12.8. The fourth-order valence-corrected chi connectivity index (χ4v) is 2.76. The molecule has 0 radical (unpaired) electrons. The van der Waals surface area contributed by atoms with Crippen LogP contribution in [0.3, 0.4) is 0 Å². The van der Waals surface area contributed by atoms with Gasteiger partial charge in [-0.05, 0) is 48.8 Å². The third-order valence-electron chi connectivity index (χ3n) is 4.21. The van der Waals surface area contributed by atoms with Crippen LogP contribution in [-0.4, -0.2) is 17.9 Å². The number of aldehydes is 1. The standard InChI is InChI=1S/C17H25NO3/c1-4-5-7-17(3,8-6-9-18-21)15-10-13(2)16(20)14(11-15)12-19/h10-12,20H,4-9H2,1-3H3. The summed E-state index contributed by atoms with van der Waals surface area (Å²) in [6, 6.07) is 3.73. The summed E-state index contributed by atoms with van der Waals surface area (Å²) in [5.41, 5.74) is 2.00. The average Bonchev–Trinajstić information content (AvgIpc) is 2.48. The maximum absolute atomic E-state index is 11.1. The molecule has 4 nitrogen and oxygen atoms in total. The number of phenolic OH excluding ortho intramolecular Hbond substituents is 1. The summed E-state index contributed by atoms with van der Waals surface area (Å²) in [4.78, 5) is 21.4. The Hall–Kier alpha value is -1.71. The zero-order chi connectivity index (χ0) is 15.9. The van der Waals surface area contributed by atoms with Gasteiger partial charge in [0.1, 0.15) is 5.75 Å². The molecule has 1 aromatic carbocycles. The van der Waals surface area contributed by atoms with Gasteiger partial charge in [-0.15, -0.1) is 0 Å². The lowest BCUT2D eigenvalue weighted by molar-refractivity contribution is 0.112. The number of aryl methyl sites for hydroxylation is 1. The number of carbonyl (C=O) groups excluding carboxylic acids is 1. The van der Waals surface area contributed by atoms with Crippen molar-refractivity contribution in [3.05, 3.63) is 33.7 Å². The summed E-state index contributed by atoms with van der Waals surface area (Å²) in [6.07, 6.45) is 5.45. The van der Waals surface area contributed by atoms with Gasteiger partial charge in [-0.25, -0.2) is 0 Å². The van der Waals surface area contributed by atoms with Crippen molar-refractivity contribution in [3.63, 3.8) is 0 Å². The number of hydrogen-bond donors (Lipinski definition) is 1. The van der Waals surface area contributed by atoms with Crippen molar-refractivity contribution in [2.45, 2.75) is 58.3 Å². The molecule has 0 amide bonds. The molecule has 0 aromatic heterocycles. The molecule has 1 aromatic rings. The molecule has 0 aliphatic carbocycles. The van der Waals surface area contributed by atoms with Crippen LogP contribution in [0.5, 0.6) is 5.75 Å². The van der Waals surface area contributed by atoms with E-state index in [4.69, 9.17) is 0 Å². The Morgan fingerprint density at radius 3 is 2.52 bits per heavy atom. The number of phenols is 1. The third-order valence-corrected chi connectivity index (χ3v) is 4.21. The quantitative estimate of drug-likeness (QED) is 0.413. The first-order valence-electron chi connectivity index (χ1n) is 7.57. The van der Waals surface area contributed by atoms with Crippen molar-refractivity contribution in [1.82, 2.24) is 0 Å². The van der Waals surface area contributed by atoms with Gasteiger partial charge in [0.25, 0.3) is 0 Å². The lowest BCUT2D eigenvalue weighted by Gasteiger charge is -2.31. The fraction of sp³-hybridized carbons (Fsp3) is 0.588. The van der Waals surface area contributed by atoms with Crippen molar-refractivity contribution in [2.24, 2.45) is 5.18 Å². The van der Waals surface area contributed by atoms with Crippen LogP contribution in [0.4, 0.5) is 0 Å². The van der Waals surface area contributed by atoms with Crippen molar-refractivity contribution < 1.29 is 9.90 Å². The van der Waals surface area contributed by atoms with E-state index in [1.54, 1.807) is 13.0 Å². The second-order valence-electron chi connectivity index (χ2n) is 5.97. The molecule has 0 spiro atoms. The van der Waals surface area contributed by atoms with Crippen LogP contribution in [-0.2, 0) is 5.41 Å². The summed E-state index contributed by atoms with van der Waals surface area (Å²) >= 11 is 0. The molecule has 1 atom stereocenters. The molecule has 21 heavy (non-hydrogen) atoms. The smallest absolute Gasteiger partial charge is 0.153 e. The summed E-state index contributed by atoms with van der Waals surface area (Å²) in [5.74, 6) is 0.0566. The van der Waals surface area contributed by atoms with E-state index in [1.807, 2.05) is 6.07 Å². The third kappa shape index (κ3) is 4.38. The number of carbonyl (C=O) groups is 1. The van der Waals surface area contributed by atoms with E-state index in [9.17, 15) is 14.8 Å². The van der Waals surface area contributed by atoms with Crippen LogP contribution in [0.2, 0.25) is 0 Å². The van der Waals surface area contributed by atoms with Gasteiger partial charge in [-0.3, -0.25) is 4.79 Å². The molecule has 0 saturated carbocycles. The molecule has 0 saturated heterocycles. The van der Waals surface area contributed by atoms with Gasteiger partial charge in [0.2, 0.25) is 0 Å². The van der Waals surface area contributed by atoms with Crippen molar-refractivity contribution >= 4 is 6.29 Å². The lowest BCUT2D eigenvalue weighted by Crippen LogP contribution is -2.23. The molecule has 1 rings (SSSR count). The highest BCUT2D eigenvalue weighted by Crippen LogP contribution is 2.37. The Labute approximate surface area is 126 Å². The van der Waals surface area contributed by atoms with Crippen LogP contribution in [0.1, 0.15) is 67.4 Å². The second kappa shape index (κ2) is 7.91. The minimum absolute atomic E-state index is 0.0566. The molecule has 1 unspecified atom stereocenters. The van der Waals surface area contributed by atoms with E-state index >= 15 is 0 Å². The molecule has 1 N–H and O–H groups in total. The predicted molar refractivity (Wildman–Crippen MR) is 85.0 cm³/mol. The maximum Gasteiger partial charge on any atom is 0.153 e. The number of rotatable bonds is 9. The summed E-state index contributed by atoms with van der Waals surface area (Å²) in [6.45, 7) is 6.43. The van der Waals surface area contributed by atoms with Crippen LogP contribution in [0.25, 0.3) is 0 Å². The topological polar surface area (TPSA) is 66.7 Å². The highest BCUT2D eigenvalue weighted by Gasteiger charge is 2.27. The fourth-order valence-electron chi connectivity index (χ4n) is 2.76. The van der Waals surface area contributed by atoms with E-state index in [0.29, 0.717) is 24.0 Å². The van der Waals surface area contributed by atoms with Gasteiger partial charge in [0, 0.05) is 0 Å². The average molecular weight is 291 g/mol. The number of nitroso groups, excluding NO2 is 1. The Morgan fingerprint density at radius 2 is 1.95 bits per heavy atom. The first-order valence-corrected chi connectivity index (χ1v) is 7.57. The van der Waals surface area contributed by atoms with Crippen molar-refractivity contribution in [2.75, 3.05) is 6.54 Å². The Balaban J connectivity index is 3.14. The Bertz CT molecular complexity index is 499. The monoisotopic (exact) mass is 291 g/mol. The predicted octanol–water partition coefficient (Wildman–Crippen LogP) is 4.51. The molecule has 0 bridgehead atoms. The van der Waals surface area contributed by atoms with E-state index in [2.05, 4.69) is 19.0 Å². The highest BCUT2D eigenvalue weighted by molar-refractivity contribution is 5.80. The zero-order valence-corrected chi connectivity index (χ0v) is 13.2. The van der Waals surface area contributed by atoms with E-state index < -0.39 is 0 Å². The van der Waals surface area contributed by atoms with Gasteiger partial charge < -0.3 is 5.11 Å². The summed E-state index contributed by atoms with van der Waals surface area (Å²) < 4.78 is 0. The van der Waals surface area contributed by atoms with Crippen LogP contribution in [0, 0.1) is 11.8 Å². The van der Waals surface area contributed by atoms with Gasteiger partial charge >= 0.3 is 0 Å². The largest absolute Gasteiger partial charge is 0.507 e. The number of benzene rings is 1. The Morgan fingerprint density at radius 1 is 1.29 bits per heavy atom. The van der Waals surface area contributed by atoms with Gasteiger partial charge in [0.15, 0.2) is 6.29 Å². The first-order chi connectivity index (χ1) is 9.98.